The molecule has 0 spiro atoms. The Labute approximate surface area is 124 Å². The highest BCUT2D eigenvalue weighted by molar-refractivity contribution is 9.11. The number of hydrogen-bond donors (Lipinski definition) is 1. The molecule has 2 aromatic heterocycles. The van der Waals surface area contributed by atoms with Gasteiger partial charge in [0.25, 0.3) is 0 Å². The quantitative estimate of drug-likeness (QED) is 0.821. The molecule has 2 heterocycles. The predicted octanol–water partition coefficient (Wildman–Crippen LogP) is 5.02. The summed E-state index contributed by atoms with van der Waals surface area (Å²) in [5, 5.41) is 4.25. The second-order valence-corrected chi connectivity index (χ2v) is 6.72. The molecule has 0 aliphatic rings. The molecule has 2 aromatic rings. The van der Waals surface area contributed by atoms with Gasteiger partial charge >= 0.3 is 0 Å². The zero-order chi connectivity index (χ0) is 13.1. The Morgan fingerprint density at radius 2 is 2.28 bits per heavy atom. The van der Waals surface area contributed by atoms with Gasteiger partial charge in [-0.1, -0.05) is 25.4 Å². The number of rotatable bonds is 5. The molecule has 0 fully saturated rings. The second kappa shape index (κ2) is 6.24. The number of hydrogen-bond acceptors (Lipinski definition) is 3. The molecule has 0 saturated carbocycles. The Bertz CT molecular complexity index is 503. The molecule has 98 valence electrons. The molecule has 0 saturated heterocycles. The minimum absolute atomic E-state index is 0.150. The number of nitrogens with one attached hydrogen (secondary N) is 1. The minimum Gasteiger partial charge on any atom is -0.469 e. The van der Waals surface area contributed by atoms with Gasteiger partial charge in [0, 0.05) is 16.9 Å². The summed E-state index contributed by atoms with van der Waals surface area (Å²) in [4.78, 5) is 1.20. The molecule has 0 bridgehead atoms. The first-order chi connectivity index (χ1) is 8.67. The van der Waals surface area contributed by atoms with E-state index >= 15 is 0 Å². The third kappa shape index (κ3) is 2.82. The first-order valence-corrected chi connectivity index (χ1v) is 7.90. The lowest BCUT2D eigenvalue weighted by Gasteiger charge is -2.16. The minimum atomic E-state index is 0.150. The van der Waals surface area contributed by atoms with E-state index < -0.39 is 0 Å². The SMILES string of the molecule is CCNC(c1cc(Cl)c(Br)s1)c1ccoc1CC. The number of furan rings is 1. The van der Waals surface area contributed by atoms with Crippen LogP contribution in [0.3, 0.4) is 0 Å². The summed E-state index contributed by atoms with van der Waals surface area (Å²) < 4.78 is 6.50. The Morgan fingerprint density at radius 3 is 2.83 bits per heavy atom. The summed E-state index contributed by atoms with van der Waals surface area (Å²) in [5.74, 6) is 1.03. The fraction of sp³-hybridized carbons (Fsp3) is 0.385. The van der Waals surface area contributed by atoms with Gasteiger partial charge in [-0.2, -0.15) is 0 Å². The number of aryl methyl sites for hydroxylation is 1. The summed E-state index contributed by atoms with van der Waals surface area (Å²) >= 11 is 11.3. The van der Waals surface area contributed by atoms with Crippen LogP contribution in [0.15, 0.2) is 26.6 Å². The monoisotopic (exact) mass is 347 g/mol. The summed E-state index contributed by atoms with van der Waals surface area (Å²) in [7, 11) is 0. The highest BCUT2D eigenvalue weighted by Gasteiger charge is 2.21. The van der Waals surface area contributed by atoms with Gasteiger partial charge in [-0.05, 0) is 34.6 Å². The highest BCUT2D eigenvalue weighted by atomic mass is 79.9. The van der Waals surface area contributed by atoms with Crippen molar-refractivity contribution in [3.8, 4) is 0 Å². The van der Waals surface area contributed by atoms with E-state index in [1.165, 1.54) is 10.4 Å². The Kier molecular flexibility index (Phi) is 4.90. The summed E-state index contributed by atoms with van der Waals surface area (Å²) in [6.07, 6.45) is 2.65. The molecule has 0 aliphatic carbocycles. The van der Waals surface area contributed by atoms with E-state index in [1.54, 1.807) is 17.6 Å². The maximum atomic E-state index is 6.12. The normalized spacial score (nSPS) is 12.9. The zero-order valence-corrected chi connectivity index (χ0v) is 13.5. The van der Waals surface area contributed by atoms with Crippen molar-refractivity contribution in [3.63, 3.8) is 0 Å². The Hall–Kier alpha value is -0.290. The molecular weight excluding hydrogens is 334 g/mol. The van der Waals surface area contributed by atoms with Crippen LogP contribution in [0.5, 0.6) is 0 Å². The first kappa shape index (κ1) is 14.1. The molecule has 2 rings (SSSR count). The van der Waals surface area contributed by atoms with Gasteiger partial charge in [-0.3, -0.25) is 0 Å². The van der Waals surface area contributed by atoms with E-state index in [0.717, 1.165) is 27.5 Å². The topological polar surface area (TPSA) is 25.2 Å². The molecule has 0 aliphatic heterocycles. The molecule has 0 aromatic carbocycles. The highest BCUT2D eigenvalue weighted by Crippen LogP contribution is 2.38. The van der Waals surface area contributed by atoms with Crippen LogP contribution in [-0.2, 0) is 6.42 Å². The van der Waals surface area contributed by atoms with Crippen molar-refractivity contribution in [2.45, 2.75) is 26.3 Å². The van der Waals surface area contributed by atoms with Gasteiger partial charge < -0.3 is 9.73 Å². The van der Waals surface area contributed by atoms with E-state index in [-0.39, 0.29) is 6.04 Å². The Balaban J connectivity index is 2.39. The van der Waals surface area contributed by atoms with Gasteiger partial charge in [0.2, 0.25) is 0 Å². The zero-order valence-electron chi connectivity index (χ0n) is 10.3. The van der Waals surface area contributed by atoms with Crippen molar-refractivity contribution in [2.75, 3.05) is 6.54 Å². The fourth-order valence-corrected chi connectivity index (χ4v) is 3.81. The average Bonchev–Trinajstić information content (AvgIpc) is 2.94. The van der Waals surface area contributed by atoms with Gasteiger partial charge in [-0.25, -0.2) is 0 Å². The third-order valence-corrected chi connectivity index (χ3v) is 5.31. The molecule has 0 amide bonds. The van der Waals surface area contributed by atoms with E-state index in [1.807, 2.05) is 12.1 Å². The largest absolute Gasteiger partial charge is 0.469 e. The lowest BCUT2D eigenvalue weighted by atomic mass is 10.0. The van der Waals surface area contributed by atoms with Gasteiger partial charge in [0.05, 0.1) is 21.1 Å². The van der Waals surface area contributed by atoms with Crippen LogP contribution in [0.2, 0.25) is 5.02 Å². The van der Waals surface area contributed by atoms with Crippen LogP contribution in [0.1, 0.15) is 36.1 Å². The molecule has 18 heavy (non-hydrogen) atoms. The molecule has 5 heteroatoms. The van der Waals surface area contributed by atoms with Crippen LogP contribution < -0.4 is 5.32 Å². The maximum Gasteiger partial charge on any atom is 0.108 e. The lowest BCUT2D eigenvalue weighted by molar-refractivity contribution is 0.503. The van der Waals surface area contributed by atoms with Gasteiger partial charge in [0.1, 0.15) is 5.76 Å². The van der Waals surface area contributed by atoms with E-state index in [9.17, 15) is 0 Å². The van der Waals surface area contributed by atoms with Crippen LogP contribution in [0.25, 0.3) is 0 Å². The smallest absolute Gasteiger partial charge is 0.108 e. The van der Waals surface area contributed by atoms with Crippen LogP contribution >= 0.6 is 38.9 Å². The second-order valence-electron chi connectivity index (χ2n) is 3.91. The summed E-state index contributed by atoms with van der Waals surface area (Å²) in [6.45, 7) is 5.09. The first-order valence-electron chi connectivity index (χ1n) is 5.91. The predicted molar refractivity (Wildman–Crippen MR) is 80.6 cm³/mol. The molecular formula is C13H15BrClNOS. The van der Waals surface area contributed by atoms with E-state index in [4.69, 9.17) is 16.0 Å². The van der Waals surface area contributed by atoms with E-state index in [0.29, 0.717) is 0 Å². The van der Waals surface area contributed by atoms with Crippen LogP contribution in [0.4, 0.5) is 0 Å². The van der Waals surface area contributed by atoms with Crippen molar-refractivity contribution in [1.82, 2.24) is 5.32 Å². The molecule has 1 N–H and O–H groups in total. The molecule has 0 radical (unpaired) electrons. The third-order valence-electron chi connectivity index (χ3n) is 2.77. The fourth-order valence-electron chi connectivity index (χ4n) is 1.97. The van der Waals surface area contributed by atoms with Gasteiger partial charge in [0.15, 0.2) is 0 Å². The van der Waals surface area contributed by atoms with E-state index in [2.05, 4.69) is 35.1 Å². The number of halogens is 2. The van der Waals surface area contributed by atoms with Gasteiger partial charge in [-0.15, -0.1) is 11.3 Å². The van der Waals surface area contributed by atoms with Crippen molar-refractivity contribution in [3.05, 3.63) is 43.4 Å². The summed E-state index contributed by atoms with van der Waals surface area (Å²) in [5.41, 5.74) is 1.20. The molecule has 2 nitrogen and oxygen atoms in total. The van der Waals surface area contributed by atoms with Crippen LogP contribution in [-0.4, -0.2) is 6.54 Å². The molecule has 1 atom stereocenters. The van der Waals surface area contributed by atoms with Crippen molar-refractivity contribution in [2.24, 2.45) is 0 Å². The van der Waals surface area contributed by atoms with Crippen LogP contribution in [0, 0.1) is 0 Å². The average molecular weight is 349 g/mol. The standard InChI is InChI=1S/C13H15BrClNOS/c1-3-10-8(5-6-17-10)12(16-4-2)11-7-9(15)13(14)18-11/h5-7,12,16H,3-4H2,1-2H3. The van der Waals surface area contributed by atoms with Crippen molar-refractivity contribution >= 4 is 38.9 Å². The Morgan fingerprint density at radius 1 is 1.50 bits per heavy atom. The van der Waals surface area contributed by atoms with Crippen molar-refractivity contribution in [1.29, 1.82) is 0 Å². The lowest BCUT2D eigenvalue weighted by Crippen LogP contribution is -2.21. The number of thiophene rings is 1. The maximum absolute atomic E-state index is 6.12. The summed E-state index contributed by atoms with van der Waals surface area (Å²) in [6, 6.07) is 4.20. The van der Waals surface area contributed by atoms with Crippen molar-refractivity contribution < 1.29 is 4.42 Å². The molecule has 1 unspecified atom stereocenters.